The second-order valence-corrected chi connectivity index (χ2v) is 8.98. The number of nitrogens with one attached hydrogen (secondary N) is 1. The maximum absolute atomic E-state index is 12.5. The van der Waals surface area contributed by atoms with E-state index in [-0.39, 0.29) is 19.0 Å². The van der Waals surface area contributed by atoms with E-state index in [9.17, 15) is 18.0 Å². The highest BCUT2D eigenvalue weighted by Gasteiger charge is 2.22. The first-order valence-corrected chi connectivity index (χ1v) is 11.3. The fourth-order valence-electron chi connectivity index (χ4n) is 3.34. The van der Waals surface area contributed by atoms with E-state index < -0.39 is 15.9 Å². The average molecular weight is 416 g/mol. The third-order valence-electron chi connectivity index (χ3n) is 4.86. The van der Waals surface area contributed by atoms with Gasteiger partial charge in [-0.25, -0.2) is 8.42 Å². The van der Waals surface area contributed by atoms with Crippen LogP contribution in [0.25, 0.3) is 0 Å². The van der Waals surface area contributed by atoms with Crippen LogP contribution in [0.5, 0.6) is 0 Å². The molecule has 1 heterocycles. The molecule has 0 saturated carbocycles. The van der Waals surface area contributed by atoms with Crippen molar-refractivity contribution in [1.29, 1.82) is 0 Å². The first-order valence-electron chi connectivity index (χ1n) is 9.48. The SMILES string of the molecule is CS(=O)(=O)N(CC(=O)NCc1ccccc1CN1CCCC1=O)c1ccccc1. The van der Waals surface area contributed by atoms with Gasteiger partial charge in [0.05, 0.1) is 11.9 Å². The zero-order valence-corrected chi connectivity index (χ0v) is 17.2. The van der Waals surface area contributed by atoms with Gasteiger partial charge in [-0.15, -0.1) is 0 Å². The first-order chi connectivity index (χ1) is 13.8. The number of likely N-dealkylation sites (tertiary alicyclic amines) is 1. The molecule has 0 radical (unpaired) electrons. The number of benzene rings is 2. The highest BCUT2D eigenvalue weighted by Crippen LogP contribution is 2.18. The first kappa shape index (κ1) is 20.9. The summed E-state index contributed by atoms with van der Waals surface area (Å²) >= 11 is 0. The van der Waals surface area contributed by atoms with E-state index >= 15 is 0 Å². The maximum Gasteiger partial charge on any atom is 0.241 e. The average Bonchev–Trinajstić information content (AvgIpc) is 3.10. The molecule has 2 aromatic rings. The summed E-state index contributed by atoms with van der Waals surface area (Å²) in [6, 6.07) is 16.2. The van der Waals surface area contributed by atoms with Gasteiger partial charge in [-0.2, -0.15) is 0 Å². The lowest BCUT2D eigenvalue weighted by atomic mass is 10.1. The number of sulfonamides is 1. The summed E-state index contributed by atoms with van der Waals surface area (Å²) in [6.07, 6.45) is 2.54. The third kappa shape index (κ3) is 5.57. The number of hydrogen-bond acceptors (Lipinski definition) is 4. The van der Waals surface area contributed by atoms with E-state index in [0.29, 0.717) is 18.7 Å². The van der Waals surface area contributed by atoms with Crippen LogP contribution < -0.4 is 9.62 Å². The normalized spacial score (nSPS) is 14.1. The van der Waals surface area contributed by atoms with Crippen LogP contribution in [0.4, 0.5) is 5.69 Å². The Labute approximate surface area is 171 Å². The van der Waals surface area contributed by atoms with E-state index in [2.05, 4.69) is 5.32 Å². The lowest BCUT2D eigenvalue weighted by Crippen LogP contribution is -2.40. The van der Waals surface area contributed by atoms with Gasteiger partial charge >= 0.3 is 0 Å². The molecule has 0 unspecified atom stereocenters. The van der Waals surface area contributed by atoms with Crippen LogP contribution in [-0.2, 0) is 32.7 Å². The van der Waals surface area contributed by atoms with Crippen LogP contribution in [0.1, 0.15) is 24.0 Å². The number of carbonyl (C=O) groups is 2. The van der Waals surface area contributed by atoms with E-state index in [1.165, 1.54) is 0 Å². The Kier molecular flexibility index (Phi) is 6.53. The summed E-state index contributed by atoms with van der Waals surface area (Å²) in [4.78, 5) is 26.2. The van der Waals surface area contributed by atoms with Crippen LogP contribution in [0.2, 0.25) is 0 Å². The Hall–Kier alpha value is -2.87. The summed E-state index contributed by atoms with van der Waals surface area (Å²) < 4.78 is 25.3. The summed E-state index contributed by atoms with van der Waals surface area (Å²) in [7, 11) is -3.60. The van der Waals surface area contributed by atoms with Crippen molar-refractivity contribution in [3.8, 4) is 0 Å². The van der Waals surface area contributed by atoms with Crippen molar-refractivity contribution in [3.05, 3.63) is 65.7 Å². The molecule has 0 aromatic heterocycles. The number of amides is 2. The predicted octanol–water partition coefficient (Wildman–Crippen LogP) is 1.89. The molecule has 2 amide bonds. The molecule has 1 aliphatic rings. The molecule has 2 aromatic carbocycles. The van der Waals surface area contributed by atoms with Gasteiger partial charge in [-0.1, -0.05) is 42.5 Å². The van der Waals surface area contributed by atoms with Gasteiger partial charge in [0.15, 0.2) is 0 Å². The minimum absolute atomic E-state index is 0.149. The Morgan fingerprint density at radius 3 is 2.34 bits per heavy atom. The van der Waals surface area contributed by atoms with Crippen LogP contribution in [0.15, 0.2) is 54.6 Å². The third-order valence-corrected chi connectivity index (χ3v) is 6.00. The van der Waals surface area contributed by atoms with E-state index in [1.54, 1.807) is 30.3 Å². The van der Waals surface area contributed by atoms with Crippen molar-refractivity contribution in [1.82, 2.24) is 10.2 Å². The molecular weight excluding hydrogens is 390 g/mol. The Balaban J connectivity index is 1.65. The number of carbonyl (C=O) groups excluding carboxylic acids is 2. The van der Waals surface area contributed by atoms with Gasteiger partial charge in [-0.3, -0.25) is 13.9 Å². The molecule has 1 N–H and O–H groups in total. The van der Waals surface area contributed by atoms with Crippen LogP contribution in [0.3, 0.4) is 0 Å². The number of rotatable bonds is 8. The van der Waals surface area contributed by atoms with E-state index in [1.807, 2.05) is 29.2 Å². The highest BCUT2D eigenvalue weighted by atomic mass is 32.2. The molecule has 3 rings (SSSR count). The lowest BCUT2D eigenvalue weighted by molar-refractivity contribution is -0.128. The predicted molar refractivity (Wildman–Crippen MR) is 112 cm³/mol. The summed E-state index contributed by atoms with van der Waals surface area (Å²) in [5.74, 6) is -0.248. The fourth-order valence-corrected chi connectivity index (χ4v) is 4.19. The summed E-state index contributed by atoms with van der Waals surface area (Å²) in [5.41, 5.74) is 2.33. The molecule has 154 valence electrons. The van der Waals surface area contributed by atoms with Crippen LogP contribution in [-0.4, -0.2) is 44.5 Å². The molecule has 0 atom stereocenters. The van der Waals surface area contributed by atoms with Crippen molar-refractivity contribution in [2.75, 3.05) is 23.7 Å². The lowest BCUT2D eigenvalue weighted by Gasteiger charge is -2.22. The Morgan fingerprint density at radius 2 is 1.72 bits per heavy atom. The smallest absolute Gasteiger partial charge is 0.241 e. The molecule has 1 saturated heterocycles. The second kappa shape index (κ2) is 9.09. The van der Waals surface area contributed by atoms with Crippen LogP contribution in [0, 0.1) is 0 Å². The number of para-hydroxylation sites is 1. The number of hydrogen-bond donors (Lipinski definition) is 1. The van der Waals surface area contributed by atoms with E-state index in [0.717, 1.165) is 34.7 Å². The van der Waals surface area contributed by atoms with Crippen molar-refractivity contribution in [2.45, 2.75) is 25.9 Å². The van der Waals surface area contributed by atoms with Crippen LogP contribution >= 0.6 is 0 Å². The van der Waals surface area contributed by atoms with Gasteiger partial charge in [0, 0.05) is 26.1 Å². The molecule has 1 aliphatic heterocycles. The topological polar surface area (TPSA) is 86.8 Å². The molecule has 1 fully saturated rings. The molecule has 0 spiro atoms. The monoisotopic (exact) mass is 415 g/mol. The zero-order valence-electron chi connectivity index (χ0n) is 16.4. The van der Waals surface area contributed by atoms with Gasteiger partial charge < -0.3 is 10.2 Å². The molecule has 0 bridgehead atoms. The molecule has 29 heavy (non-hydrogen) atoms. The zero-order chi connectivity index (χ0) is 20.9. The summed E-state index contributed by atoms with van der Waals surface area (Å²) in [5, 5.41) is 2.80. The maximum atomic E-state index is 12.5. The standard InChI is InChI=1S/C21H25N3O4S/c1-29(27,28)24(19-10-3-2-4-11-19)16-20(25)22-14-17-8-5-6-9-18(17)15-23-13-7-12-21(23)26/h2-6,8-11H,7,12-16H2,1H3,(H,22,25). The largest absolute Gasteiger partial charge is 0.350 e. The molecule has 0 aliphatic carbocycles. The van der Waals surface area contributed by atoms with Crippen molar-refractivity contribution in [3.63, 3.8) is 0 Å². The van der Waals surface area contributed by atoms with Gasteiger partial charge in [-0.05, 0) is 29.7 Å². The summed E-state index contributed by atoms with van der Waals surface area (Å²) in [6.45, 7) is 1.24. The molecule has 7 nitrogen and oxygen atoms in total. The highest BCUT2D eigenvalue weighted by molar-refractivity contribution is 7.92. The Bertz CT molecular complexity index is 976. The minimum Gasteiger partial charge on any atom is -0.350 e. The molecular formula is C21H25N3O4S. The fraction of sp³-hybridized carbons (Fsp3) is 0.333. The van der Waals surface area contributed by atoms with Crippen molar-refractivity contribution in [2.24, 2.45) is 0 Å². The van der Waals surface area contributed by atoms with Gasteiger partial charge in [0.1, 0.15) is 6.54 Å². The minimum atomic E-state index is -3.60. The Morgan fingerprint density at radius 1 is 1.07 bits per heavy atom. The molecule has 8 heteroatoms. The van der Waals surface area contributed by atoms with Gasteiger partial charge in [0.25, 0.3) is 0 Å². The second-order valence-electron chi connectivity index (χ2n) is 7.07. The van der Waals surface area contributed by atoms with Crippen molar-refractivity contribution < 1.29 is 18.0 Å². The van der Waals surface area contributed by atoms with Gasteiger partial charge in [0.2, 0.25) is 21.8 Å². The number of nitrogens with zero attached hydrogens (tertiary/aromatic N) is 2. The van der Waals surface area contributed by atoms with E-state index in [4.69, 9.17) is 0 Å². The quantitative estimate of drug-likeness (QED) is 0.713. The number of anilines is 1. The van der Waals surface area contributed by atoms with Crippen molar-refractivity contribution >= 4 is 27.5 Å².